The van der Waals surface area contributed by atoms with Crippen LogP contribution in [0.2, 0.25) is 5.02 Å². The van der Waals surface area contributed by atoms with E-state index in [2.05, 4.69) is 9.72 Å². The number of halogens is 4. The molecule has 0 atom stereocenters. The van der Waals surface area contributed by atoms with Crippen molar-refractivity contribution in [1.82, 2.24) is 9.88 Å². The van der Waals surface area contributed by atoms with Crippen LogP contribution in [0.1, 0.15) is 5.56 Å². The maximum Gasteiger partial charge on any atom is 0.573 e. The van der Waals surface area contributed by atoms with Gasteiger partial charge in [-0.25, -0.2) is 9.69 Å². The van der Waals surface area contributed by atoms with E-state index in [-0.39, 0.29) is 18.8 Å². The van der Waals surface area contributed by atoms with Gasteiger partial charge in [-0.2, -0.15) is 0 Å². The topological polar surface area (TPSA) is 62.7 Å². The van der Waals surface area contributed by atoms with Crippen LogP contribution in [0.15, 0.2) is 66.9 Å². The molecule has 0 bridgehead atoms. The maximum absolute atomic E-state index is 12.8. The zero-order chi connectivity index (χ0) is 22.9. The number of carbonyl (C=O) groups excluding carboxylic acids is 2. The number of hydrogen-bond donors (Lipinski definition) is 0. The summed E-state index contributed by atoms with van der Waals surface area (Å²) in [5.74, 6) is -0.925. The van der Waals surface area contributed by atoms with E-state index >= 15 is 0 Å². The lowest BCUT2D eigenvalue weighted by Crippen LogP contribution is -2.32. The molecule has 3 amide bonds. The van der Waals surface area contributed by atoms with Crippen molar-refractivity contribution in [3.63, 3.8) is 0 Å². The Hall–Kier alpha value is -3.59. The average Bonchev–Trinajstić information content (AvgIpc) is 3.01. The van der Waals surface area contributed by atoms with E-state index in [1.165, 1.54) is 17.0 Å². The van der Waals surface area contributed by atoms with Crippen LogP contribution in [0, 0.1) is 0 Å². The van der Waals surface area contributed by atoms with Crippen LogP contribution in [-0.2, 0) is 11.3 Å². The second kappa shape index (κ2) is 8.51. The summed E-state index contributed by atoms with van der Waals surface area (Å²) < 4.78 is 40.8. The van der Waals surface area contributed by atoms with Crippen LogP contribution < -0.4 is 9.64 Å². The monoisotopic (exact) mass is 461 g/mol. The number of alkyl halides is 3. The fourth-order valence-corrected chi connectivity index (χ4v) is 3.51. The number of rotatable bonds is 5. The number of ether oxygens (including phenoxy) is 1. The van der Waals surface area contributed by atoms with Crippen molar-refractivity contribution in [2.45, 2.75) is 12.9 Å². The molecule has 0 saturated carbocycles. The predicted octanol–water partition coefficient (Wildman–Crippen LogP) is 5.27. The number of urea groups is 1. The van der Waals surface area contributed by atoms with Crippen LogP contribution in [0.3, 0.4) is 0 Å². The minimum absolute atomic E-state index is 0.158. The summed E-state index contributed by atoms with van der Waals surface area (Å²) in [6.45, 7) is 0.000878. The number of pyridine rings is 1. The SMILES string of the molecule is O=C1CN(Cc2ccnc(-c3cccc(Cl)c3)c2)C(=O)N1c1ccc(OC(F)(F)F)cc1. The lowest BCUT2D eigenvalue weighted by atomic mass is 10.1. The molecule has 6 nitrogen and oxygen atoms in total. The highest BCUT2D eigenvalue weighted by Gasteiger charge is 2.37. The predicted molar refractivity (Wildman–Crippen MR) is 111 cm³/mol. The van der Waals surface area contributed by atoms with Crippen molar-refractivity contribution in [2.75, 3.05) is 11.4 Å². The largest absolute Gasteiger partial charge is 0.573 e. The van der Waals surface area contributed by atoms with Crippen LogP contribution in [0.5, 0.6) is 5.75 Å². The highest BCUT2D eigenvalue weighted by atomic mass is 35.5. The lowest BCUT2D eigenvalue weighted by molar-refractivity contribution is -0.274. The number of imide groups is 1. The Balaban J connectivity index is 1.49. The molecule has 1 fully saturated rings. The molecule has 0 aliphatic carbocycles. The van der Waals surface area contributed by atoms with E-state index in [4.69, 9.17) is 11.6 Å². The summed E-state index contributed by atoms with van der Waals surface area (Å²) in [7, 11) is 0. The minimum atomic E-state index is -4.83. The number of carbonyl (C=O) groups is 2. The molecule has 1 aliphatic rings. The number of anilines is 1. The number of hydrogen-bond acceptors (Lipinski definition) is 4. The van der Waals surface area contributed by atoms with Crippen molar-refractivity contribution in [1.29, 1.82) is 0 Å². The standard InChI is InChI=1S/C22H15ClF3N3O3/c23-16-3-1-2-15(11-16)19-10-14(8-9-27-19)12-28-13-20(30)29(21(28)31)17-4-6-18(7-5-17)32-22(24,25)26/h1-11H,12-13H2. The molecule has 0 unspecified atom stereocenters. The second-order valence-corrected chi connectivity index (χ2v) is 7.41. The smallest absolute Gasteiger partial charge is 0.406 e. The van der Waals surface area contributed by atoms with Gasteiger partial charge in [-0.05, 0) is 54.1 Å². The van der Waals surface area contributed by atoms with Gasteiger partial charge in [-0.1, -0.05) is 23.7 Å². The molecule has 164 valence electrons. The summed E-state index contributed by atoms with van der Waals surface area (Å²) in [6, 6.07) is 14.7. The van der Waals surface area contributed by atoms with Gasteiger partial charge in [0.2, 0.25) is 0 Å². The summed E-state index contributed by atoms with van der Waals surface area (Å²) in [4.78, 5) is 31.9. The maximum atomic E-state index is 12.8. The van der Waals surface area contributed by atoms with Gasteiger partial charge in [-0.3, -0.25) is 9.78 Å². The van der Waals surface area contributed by atoms with Crippen molar-refractivity contribution in [3.8, 4) is 17.0 Å². The zero-order valence-corrected chi connectivity index (χ0v) is 17.1. The first-order valence-corrected chi connectivity index (χ1v) is 9.76. The van der Waals surface area contributed by atoms with E-state index < -0.39 is 24.1 Å². The van der Waals surface area contributed by atoms with E-state index in [0.29, 0.717) is 10.7 Å². The third kappa shape index (κ3) is 4.83. The summed E-state index contributed by atoms with van der Waals surface area (Å²) in [5, 5.41) is 0.567. The normalized spacial score (nSPS) is 14.2. The Labute approximate surface area is 185 Å². The molecule has 10 heteroatoms. The Morgan fingerprint density at radius 2 is 1.78 bits per heavy atom. The molecule has 1 aromatic heterocycles. The molecule has 0 radical (unpaired) electrons. The molecule has 2 aromatic carbocycles. The van der Waals surface area contributed by atoms with Gasteiger partial charge in [0.1, 0.15) is 12.3 Å². The summed E-state index contributed by atoms with van der Waals surface area (Å²) in [5.41, 5.74) is 2.39. The fourth-order valence-electron chi connectivity index (χ4n) is 3.32. The van der Waals surface area contributed by atoms with Crippen LogP contribution in [-0.4, -0.2) is 34.7 Å². The fraction of sp³-hybridized carbons (Fsp3) is 0.136. The van der Waals surface area contributed by atoms with E-state index in [1.807, 2.05) is 6.07 Å². The minimum Gasteiger partial charge on any atom is -0.406 e. The molecular weight excluding hydrogens is 447 g/mol. The van der Waals surface area contributed by atoms with E-state index in [9.17, 15) is 22.8 Å². The highest BCUT2D eigenvalue weighted by Crippen LogP contribution is 2.28. The van der Waals surface area contributed by atoms with Gasteiger partial charge < -0.3 is 9.64 Å². The molecule has 3 aromatic rings. The molecule has 0 spiro atoms. The molecule has 2 heterocycles. The van der Waals surface area contributed by atoms with Gasteiger partial charge in [0.05, 0.1) is 11.4 Å². The van der Waals surface area contributed by atoms with Gasteiger partial charge in [0, 0.05) is 23.3 Å². The molecule has 1 saturated heterocycles. The Bertz CT molecular complexity index is 1170. The summed E-state index contributed by atoms with van der Waals surface area (Å²) >= 11 is 6.04. The van der Waals surface area contributed by atoms with Gasteiger partial charge in [0.25, 0.3) is 5.91 Å². The first-order chi connectivity index (χ1) is 15.2. The van der Waals surface area contributed by atoms with Gasteiger partial charge in [0.15, 0.2) is 0 Å². The van der Waals surface area contributed by atoms with Gasteiger partial charge >= 0.3 is 12.4 Å². The van der Waals surface area contributed by atoms with Crippen molar-refractivity contribution in [2.24, 2.45) is 0 Å². The number of aromatic nitrogens is 1. The Kier molecular flexibility index (Phi) is 5.75. The molecule has 4 rings (SSSR count). The quantitative estimate of drug-likeness (QED) is 0.486. The third-order valence-electron chi connectivity index (χ3n) is 4.68. The van der Waals surface area contributed by atoms with E-state index in [0.717, 1.165) is 28.2 Å². The Morgan fingerprint density at radius 1 is 1.03 bits per heavy atom. The first-order valence-electron chi connectivity index (χ1n) is 9.38. The van der Waals surface area contributed by atoms with Crippen LogP contribution in [0.25, 0.3) is 11.3 Å². The van der Waals surface area contributed by atoms with Gasteiger partial charge in [-0.15, -0.1) is 13.2 Å². The van der Waals surface area contributed by atoms with Crippen LogP contribution >= 0.6 is 11.6 Å². The van der Waals surface area contributed by atoms with Crippen molar-refractivity contribution < 1.29 is 27.5 Å². The first kappa shape index (κ1) is 21.6. The summed E-state index contributed by atoms with van der Waals surface area (Å²) in [6.07, 6.45) is -3.23. The van der Waals surface area contributed by atoms with Crippen LogP contribution in [0.4, 0.5) is 23.7 Å². The average molecular weight is 462 g/mol. The highest BCUT2D eigenvalue weighted by molar-refractivity contribution is 6.30. The Morgan fingerprint density at radius 3 is 2.47 bits per heavy atom. The van der Waals surface area contributed by atoms with E-state index in [1.54, 1.807) is 36.5 Å². The number of amides is 3. The molecule has 0 N–H and O–H groups in total. The molecular formula is C22H15ClF3N3O3. The molecule has 32 heavy (non-hydrogen) atoms. The molecule has 1 aliphatic heterocycles. The number of benzene rings is 2. The second-order valence-electron chi connectivity index (χ2n) is 6.97. The lowest BCUT2D eigenvalue weighted by Gasteiger charge is -2.18. The van der Waals surface area contributed by atoms with Crippen molar-refractivity contribution >= 4 is 29.2 Å². The zero-order valence-electron chi connectivity index (χ0n) is 16.3. The third-order valence-corrected chi connectivity index (χ3v) is 4.92. The number of nitrogens with zero attached hydrogens (tertiary/aromatic N) is 3. The van der Waals surface area contributed by atoms with Crippen molar-refractivity contribution in [3.05, 3.63) is 77.4 Å².